The van der Waals surface area contributed by atoms with Gasteiger partial charge in [-0.05, 0) is 43.4 Å². The summed E-state index contributed by atoms with van der Waals surface area (Å²) in [4.78, 5) is 72.6. The van der Waals surface area contributed by atoms with Crippen molar-refractivity contribution in [3.63, 3.8) is 0 Å². The van der Waals surface area contributed by atoms with Gasteiger partial charge in [-0.25, -0.2) is 9.13 Å². The largest absolute Gasteiger partial charge is 0.472 e. The third-order valence-corrected chi connectivity index (χ3v) is 19.4. The van der Waals surface area contributed by atoms with Gasteiger partial charge in [-0.15, -0.1) is 0 Å². The molecule has 552 valence electrons. The van der Waals surface area contributed by atoms with Crippen molar-refractivity contribution in [3.8, 4) is 0 Å². The van der Waals surface area contributed by atoms with Gasteiger partial charge >= 0.3 is 39.5 Å². The van der Waals surface area contributed by atoms with Gasteiger partial charge in [0.25, 0.3) is 0 Å². The molecule has 93 heavy (non-hydrogen) atoms. The van der Waals surface area contributed by atoms with E-state index >= 15 is 0 Å². The second-order valence-electron chi connectivity index (χ2n) is 27.9. The van der Waals surface area contributed by atoms with Crippen LogP contribution in [0.25, 0.3) is 0 Å². The molecule has 0 aliphatic carbocycles. The van der Waals surface area contributed by atoms with E-state index in [4.69, 9.17) is 37.0 Å². The molecule has 0 bridgehead atoms. The molecule has 0 aromatic rings. The fourth-order valence-corrected chi connectivity index (χ4v) is 12.8. The third kappa shape index (κ3) is 67.0. The van der Waals surface area contributed by atoms with Crippen LogP contribution in [0.15, 0.2) is 0 Å². The summed E-state index contributed by atoms with van der Waals surface area (Å²) in [5, 5.41) is 10.6. The average molecular weight is 1370 g/mol. The molecule has 0 spiro atoms. The predicted molar refractivity (Wildman–Crippen MR) is 377 cm³/mol. The van der Waals surface area contributed by atoms with Gasteiger partial charge in [0.15, 0.2) is 12.2 Å². The molecule has 17 nitrogen and oxygen atoms in total. The normalized spacial score (nSPS) is 14.4. The zero-order chi connectivity index (χ0) is 68.7. The highest BCUT2D eigenvalue weighted by molar-refractivity contribution is 7.47. The number of hydrogen-bond acceptors (Lipinski definition) is 15. The highest BCUT2D eigenvalue weighted by atomic mass is 31.2. The van der Waals surface area contributed by atoms with E-state index in [0.29, 0.717) is 31.6 Å². The number of carbonyl (C=O) groups is 4. The molecule has 0 aromatic carbocycles. The van der Waals surface area contributed by atoms with E-state index in [1.165, 1.54) is 180 Å². The monoisotopic (exact) mass is 1370 g/mol. The second kappa shape index (κ2) is 64.7. The number of ether oxygens (including phenoxy) is 4. The quantitative estimate of drug-likeness (QED) is 0.0222. The maximum Gasteiger partial charge on any atom is 0.472 e. The number of unbranched alkanes of at least 4 members (excludes halogenated alkanes) is 39. The lowest BCUT2D eigenvalue weighted by molar-refractivity contribution is -0.161. The molecule has 0 heterocycles. The van der Waals surface area contributed by atoms with Gasteiger partial charge in [0.05, 0.1) is 26.4 Å². The molecule has 0 aliphatic rings. The van der Waals surface area contributed by atoms with Crippen molar-refractivity contribution in [2.45, 2.75) is 394 Å². The molecule has 0 aliphatic heterocycles. The first-order valence-electron chi connectivity index (χ1n) is 38.4. The zero-order valence-corrected chi connectivity index (χ0v) is 62.5. The van der Waals surface area contributed by atoms with Crippen LogP contribution in [-0.2, 0) is 65.4 Å². The minimum Gasteiger partial charge on any atom is -0.462 e. The van der Waals surface area contributed by atoms with Crippen molar-refractivity contribution >= 4 is 39.5 Å². The van der Waals surface area contributed by atoms with Crippen LogP contribution in [0.5, 0.6) is 0 Å². The Morgan fingerprint density at radius 2 is 0.548 bits per heavy atom. The standard InChI is InChI=1S/C74H144O17P2/c1-8-10-11-12-13-14-28-34-43-50-57-73(78)91-70(62-85-72(77)56-49-42-37-36-39-46-53-66(5)6)64-89-93(82,83)87-60-68(75)59-86-92(80,81)88-63-69(61-84-71(76)55-48-41-33-30-25-26-31-38-45-52-65(3)4)90-74(79)58-51-44-35-29-24-22-20-18-16-15-17-19-21-23-27-32-40-47-54-67(7)9-2/h65-70,75H,8-64H2,1-7H3,(H,80,81)(H,82,83)/t67?,68-,69-,70-/m1/s1. The van der Waals surface area contributed by atoms with Crippen molar-refractivity contribution < 1.29 is 80.2 Å². The van der Waals surface area contributed by atoms with Crippen LogP contribution in [0.3, 0.4) is 0 Å². The SMILES string of the molecule is CCCCCCCCCCCCC(=O)O[C@H](COC(=O)CCCCCCCCC(C)C)COP(=O)(O)OC[C@H](O)COP(=O)(O)OC[C@@H](COC(=O)CCCCCCCCCCCC(C)C)OC(=O)CCCCCCCCCCCCCCCCCCCCC(C)CC. The van der Waals surface area contributed by atoms with E-state index in [0.717, 1.165) is 108 Å². The molecule has 0 rings (SSSR count). The molecule has 3 N–H and O–H groups in total. The Morgan fingerprint density at radius 3 is 0.817 bits per heavy atom. The summed E-state index contributed by atoms with van der Waals surface area (Å²) in [5.74, 6) is 0.170. The number of esters is 4. The molecule has 0 amide bonds. The summed E-state index contributed by atoms with van der Waals surface area (Å²) in [6.45, 7) is 11.8. The lowest BCUT2D eigenvalue weighted by atomic mass is 9.99. The van der Waals surface area contributed by atoms with E-state index in [1.807, 2.05) is 0 Å². The van der Waals surface area contributed by atoms with Gasteiger partial charge in [0, 0.05) is 25.7 Å². The first kappa shape index (κ1) is 91.1. The number of carbonyl (C=O) groups excluding carboxylic acids is 4. The Hall–Kier alpha value is -1.94. The van der Waals surface area contributed by atoms with Crippen LogP contribution >= 0.6 is 15.6 Å². The predicted octanol–water partition coefficient (Wildman–Crippen LogP) is 21.4. The first-order chi connectivity index (χ1) is 44.8. The highest BCUT2D eigenvalue weighted by Gasteiger charge is 2.30. The zero-order valence-electron chi connectivity index (χ0n) is 60.7. The minimum absolute atomic E-state index is 0.105. The number of rotatable bonds is 72. The van der Waals surface area contributed by atoms with Gasteiger partial charge in [0.1, 0.15) is 19.3 Å². The number of aliphatic hydroxyl groups is 1. The summed E-state index contributed by atoms with van der Waals surface area (Å²) < 4.78 is 68.3. The van der Waals surface area contributed by atoms with Crippen molar-refractivity contribution in [2.24, 2.45) is 17.8 Å². The lowest BCUT2D eigenvalue weighted by Gasteiger charge is -2.21. The average Bonchev–Trinajstić information content (AvgIpc) is 3.71. The summed E-state index contributed by atoms with van der Waals surface area (Å²) in [5.41, 5.74) is 0. The number of hydrogen-bond donors (Lipinski definition) is 3. The van der Waals surface area contributed by atoms with Gasteiger partial charge < -0.3 is 33.8 Å². The molecule has 0 fully saturated rings. The molecular weight excluding hydrogens is 1220 g/mol. The topological polar surface area (TPSA) is 237 Å². The van der Waals surface area contributed by atoms with Crippen molar-refractivity contribution in [3.05, 3.63) is 0 Å². The van der Waals surface area contributed by atoms with E-state index in [-0.39, 0.29) is 25.7 Å². The molecule has 6 atom stereocenters. The van der Waals surface area contributed by atoms with Crippen molar-refractivity contribution in [1.29, 1.82) is 0 Å². The van der Waals surface area contributed by atoms with Crippen LogP contribution in [0.2, 0.25) is 0 Å². The maximum atomic E-state index is 13.1. The minimum atomic E-state index is -4.95. The highest BCUT2D eigenvalue weighted by Crippen LogP contribution is 2.45. The van der Waals surface area contributed by atoms with Crippen LogP contribution in [0.4, 0.5) is 0 Å². The Morgan fingerprint density at radius 1 is 0.312 bits per heavy atom. The van der Waals surface area contributed by atoms with Crippen molar-refractivity contribution in [1.82, 2.24) is 0 Å². The van der Waals surface area contributed by atoms with Gasteiger partial charge in [-0.2, -0.15) is 0 Å². The number of phosphoric ester groups is 2. The Kier molecular flexibility index (Phi) is 63.4. The smallest absolute Gasteiger partial charge is 0.462 e. The van der Waals surface area contributed by atoms with Crippen molar-refractivity contribution in [2.75, 3.05) is 39.6 Å². The first-order valence-corrected chi connectivity index (χ1v) is 41.4. The Balaban J connectivity index is 5.16. The maximum absolute atomic E-state index is 13.1. The van der Waals surface area contributed by atoms with Crippen LogP contribution in [0.1, 0.15) is 376 Å². The molecule has 0 aromatic heterocycles. The molecule has 3 unspecified atom stereocenters. The number of aliphatic hydroxyl groups excluding tert-OH is 1. The summed E-state index contributed by atoms with van der Waals surface area (Å²) >= 11 is 0. The molecule has 0 radical (unpaired) electrons. The van der Waals surface area contributed by atoms with Crippen LogP contribution < -0.4 is 0 Å². The van der Waals surface area contributed by atoms with E-state index in [2.05, 4.69) is 48.5 Å². The Labute approximate surface area is 568 Å². The number of phosphoric acid groups is 2. The third-order valence-electron chi connectivity index (χ3n) is 17.5. The van der Waals surface area contributed by atoms with E-state index < -0.39 is 97.5 Å². The summed E-state index contributed by atoms with van der Waals surface area (Å²) in [6.07, 6.45) is 50.2. The van der Waals surface area contributed by atoms with Gasteiger partial charge in [0.2, 0.25) is 0 Å². The lowest BCUT2D eigenvalue weighted by Crippen LogP contribution is -2.30. The molecular formula is C74H144O17P2. The fourth-order valence-electron chi connectivity index (χ4n) is 11.2. The van der Waals surface area contributed by atoms with Crippen LogP contribution in [-0.4, -0.2) is 96.7 Å². The summed E-state index contributed by atoms with van der Waals surface area (Å²) in [6, 6.07) is 0. The molecule has 0 saturated carbocycles. The van der Waals surface area contributed by atoms with Gasteiger partial charge in [-0.3, -0.25) is 37.3 Å². The van der Waals surface area contributed by atoms with E-state index in [1.54, 1.807) is 0 Å². The molecule has 0 saturated heterocycles. The van der Waals surface area contributed by atoms with E-state index in [9.17, 15) is 43.2 Å². The fraction of sp³-hybridized carbons (Fsp3) is 0.946. The van der Waals surface area contributed by atoms with Gasteiger partial charge in [-0.1, -0.05) is 325 Å². The van der Waals surface area contributed by atoms with Crippen LogP contribution in [0, 0.1) is 17.8 Å². The summed E-state index contributed by atoms with van der Waals surface area (Å²) in [7, 11) is -9.90. The molecule has 19 heteroatoms. The Bertz CT molecular complexity index is 1820. The second-order valence-corrected chi connectivity index (χ2v) is 30.8.